The van der Waals surface area contributed by atoms with E-state index in [2.05, 4.69) is 0 Å². The van der Waals surface area contributed by atoms with Crippen LogP contribution in [0.3, 0.4) is 0 Å². The molecule has 0 radical (unpaired) electrons. The van der Waals surface area contributed by atoms with Crippen molar-refractivity contribution in [1.82, 2.24) is 0 Å². The molecule has 1 aromatic rings. The fraction of sp³-hybridized carbons (Fsp3) is 0.417. The van der Waals surface area contributed by atoms with Crippen LogP contribution >= 0.6 is 0 Å². The summed E-state index contributed by atoms with van der Waals surface area (Å²) in [6, 6.07) is 2.94. The number of benzene rings is 1. The highest BCUT2D eigenvalue weighted by molar-refractivity contribution is 5.83. The van der Waals surface area contributed by atoms with Crippen LogP contribution in [0.25, 0.3) is 0 Å². The molecule has 0 N–H and O–H groups in total. The van der Waals surface area contributed by atoms with Crippen LogP contribution in [0.2, 0.25) is 0 Å². The molecule has 1 aromatic carbocycles. The summed E-state index contributed by atoms with van der Waals surface area (Å²) < 4.78 is 65.9. The Balaban J connectivity index is 2.24. The standard InChI is InChI=1S/C12H11F5O2/c13-9-5-4-8(7-10(9)14)19-6-2-1-3-11(18)12(15,16)17/h4-5,7H,1-3,6H2. The third kappa shape index (κ3) is 5.23. The number of carbonyl (C=O) groups excluding carboxylic acids is 1. The minimum absolute atomic E-state index is 0.0159. The fourth-order valence-electron chi connectivity index (χ4n) is 1.29. The van der Waals surface area contributed by atoms with E-state index < -0.39 is 30.0 Å². The van der Waals surface area contributed by atoms with Crippen LogP contribution in [-0.4, -0.2) is 18.6 Å². The second kappa shape index (κ2) is 6.49. The number of ketones is 1. The van der Waals surface area contributed by atoms with Crippen molar-refractivity contribution in [2.75, 3.05) is 6.61 Å². The van der Waals surface area contributed by atoms with Gasteiger partial charge in [-0.25, -0.2) is 8.78 Å². The highest BCUT2D eigenvalue weighted by Crippen LogP contribution is 2.19. The Morgan fingerprint density at radius 1 is 1.11 bits per heavy atom. The van der Waals surface area contributed by atoms with Crippen molar-refractivity contribution >= 4 is 5.78 Å². The van der Waals surface area contributed by atoms with E-state index >= 15 is 0 Å². The maximum absolute atomic E-state index is 12.8. The smallest absolute Gasteiger partial charge is 0.449 e. The first-order valence-electron chi connectivity index (χ1n) is 5.48. The summed E-state index contributed by atoms with van der Waals surface area (Å²) in [5.41, 5.74) is 0. The quantitative estimate of drug-likeness (QED) is 0.588. The van der Waals surface area contributed by atoms with Gasteiger partial charge in [-0.15, -0.1) is 0 Å². The molecule has 0 amide bonds. The number of ether oxygens (including phenoxy) is 1. The van der Waals surface area contributed by atoms with Gasteiger partial charge < -0.3 is 4.74 Å². The molecule has 0 fully saturated rings. The zero-order valence-electron chi connectivity index (χ0n) is 9.77. The van der Waals surface area contributed by atoms with Crippen LogP contribution in [0.1, 0.15) is 19.3 Å². The Labute approximate surface area is 106 Å². The number of carbonyl (C=O) groups is 1. The molecule has 0 saturated heterocycles. The lowest BCUT2D eigenvalue weighted by molar-refractivity contribution is -0.171. The van der Waals surface area contributed by atoms with Gasteiger partial charge >= 0.3 is 6.18 Å². The van der Waals surface area contributed by atoms with Crippen molar-refractivity contribution < 1.29 is 31.5 Å². The topological polar surface area (TPSA) is 26.3 Å². The van der Waals surface area contributed by atoms with Gasteiger partial charge in [0, 0.05) is 12.5 Å². The summed E-state index contributed by atoms with van der Waals surface area (Å²) in [5.74, 6) is -3.77. The lowest BCUT2D eigenvalue weighted by Gasteiger charge is -2.07. The third-order valence-electron chi connectivity index (χ3n) is 2.27. The minimum atomic E-state index is -4.80. The summed E-state index contributed by atoms with van der Waals surface area (Å²) in [7, 11) is 0. The van der Waals surface area contributed by atoms with Crippen molar-refractivity contribution in [3.63, 3.8) is 0 Å². The van der Waals surface area contributed by atoms with E-state index in [9.17, 15) is 26.7 Å². The summed E-state index contributed by atoms with van der Waals surface area (Å²) >= 11 is 0. The van der Waals surface area contributed by atoms with E-state index in [1.165, 1.54) is 6.07 Å². The van der Waals surface area contributed by atoms with Crippen molar-refractivity contribution in [1.29, 1.82) is 0 Å². The molecule has 0 saturated carbocycles. The molecule has 106 valence electrons. The Bertz CT molecular complexity index is 442. The number of Topliss-reactive ketones (excluding diaryl/α,β-unsaturated/α-hetero) is 1. The van der Waals surface area contributed by atoms with Crippen molar-refractivity contribution in [2.24, 2.45) is 0 Å². The molecular formula is C12H11F5O2. The fourth-order valence-corrected chi connectivity index (χ4v) is 1.29. The lowest BCUT2D eigenvalue weighted by Crippen LogP contribution is -2.22. The van der Waals surface area contributed by atoms with E-state index in [-0.39, 0.29) is 25.2 Å². The molecule has 0 aromatic heterocycles. The van der Waals surface area contributed by atoms with Crippen molar-refractivity contribution in [2.45, 2.75) is 25.4 Å². The normalized spacial score (nSPS) is 11.4. The van der Waals surface area contributed by atoms with Crippen LogP contribution in [-0.2, 0) is 4.79 Å². The van der Waals surface area contributed by atoms with Gasteiger partial charge in [-0.2, -0.15) is 13.2 Å². The largest absolute Gasteiger partial charge is 0.493 e. The predicted molar refractivity (Wildman–Crippen MR) is 56.8 cm³/mol. The van der Waals surface area contributed by atoms with E-state index in [1.807, 2.05) is 0 Å². The van der Waals surface area contributed by atoms with Gasteiger partial charge in [-0.05, 0) is 25.0 Å². The van der Waals surface area contributed by atoms with Gasteiger partial charge in [0.05, 0.1) is 6.61 Å². The van der Waals surface area contributed by atoms with Crippen molar-refractivity contribution in [3.05, 3.63) is 29.8 Å². The van der Waals surface area contributed by atoms with Gasteiger partial charge in [0.15, 0.2) is 11.6 Å². The number of rotatable bonds is 6. The zero-order chi connectivity index (χ0) is 14.5. The monoisotopic (exact) mass is 282 g/mol. The van der Waals surface area contributed by atoms with Gasteiger partial charge in [0.2, 0.25) is 5.78 Å². The van der Waals surface area contributed by atoms with Crippen LogP contribution < -0.4 is 4.74 Å². The van der Waals surface area contributed by atoms with Gasteiger partial charge in [0.1, 0.15) is 5.75 Å². The van der Waals surface area contributed by atoms with Crippen LogP contribution in [0.4, 0.5) is 22.0 Å². The predicted octanol–water partition coefficient (Wildman–Crippen LogP) is 3.65. The SMILES string of the molecule is O=C(CCCCOc1ccc(F)c(F)c1)C(F)(F)F. The van der Waals surface area contributed by atoms with Gasteiger partial charge in [-0.3, -0.25) is 4.79 Å². The van der Waals surface area contributed by atoms with Gasteiger partial charge in [0.25, 0.3) is 0 Å². The number of alkyl halides is 3. The first-order valence-corrected chi connectivity index (χ1v) is 5.48. The highest BCUT2D eigenvalue weighted by atomic mass is 19.4. The number of unbranched alkanes of at least 4 members (excludes halogenated alkanes) is 1. The summed E-state index contributed by atoms with van der Waals surface area (Å²) in [6.45, 7) is 0.0240. The average molecular weight is 282 g/mol. The molecule has 0 aliphatic heterocycles. The Morgan fingerprint density at radius 3 is 2.37 bits per heavy atom. The van der Waals surface area contributed by atoms with E-state index in [0.29, 0.717) is 0 Å². The molecule has 0 atom stereocenters. The summed E-state index contributed by atoms with van der Waals surface area (Å²) in [4.78, 5) is 10.5. The molecule has 0 heterocycles. The molecule has 2 nitrogen and oxygen atoms in total. The van der Waals surface area contributed by atoms with Gasteiger partial charge in [-0.1, -0.05) is 0 Å². The minimum Gasteiger partial charge on any atom is -0.493 e. The molecule has 0 aliphatic carbocycles. The molecule has 0 unspecified atom stereocenters. The maximum Gasteiger partial charge on any atom is 0.449 e. The van der Waals surface area contributed by atoms with E-state index in [0.717, 1.165) is 12.1 Å². The number of hydrogen-bond donors (Lipinski definition) is 0. The van der Waals surface area contributed by atoms with Crippen molar-refractivity contribution in [3.8, 4) is 5.75 Å². The van der Waals surface area contributed by atoms with Crippen LogP contribution in [0.15, 0.2) is 18.2 Å². The third-order valence-corrected chi connectivity index (χ3v) is 2.27. The molecule has 7 heteroatoms. The Kier molecular flexibility index (Phi) is 5.26. The second-order valence-electron chi connectivity index (χ2n) is 3.80. The van der Waals surface area contributed by atoms with E-state index in [1.54, 1.807) is 0 Å². The summed E-state index contributed by atoms with van der Waals surface area (Å²) in [5, 5.41) is 0. The molecule has 19 heavy (non-hydrogen) atoms. The maximum atomic E-state index is 12.8. The second-order valence-corrected chi connectivity index (χ2v) is 3.80. The molecule has 0 spiro atoms. The zero-order valence-corrected chi connectivity index (χ0v) is 9.77. The average Bonchev–Trinajstić information content (AvgIpc) is 2.31. The Hall–Kier alpha value is -1.66. The number of halogens is 5. The molecule has 0 bridgehead atoms. The lowest BCUT2D eigenvalue weighted by atomic mass is 10.2. The first-order chi connectivity index (χ1) is 8.80. The highest BCUT2D eigenvalue weighted by Gasteiger charge is 2.37. The van der Waals surface area contributed by atoms with Crippen LogP contribution in [0.5, 0.6) is 5.75 Å². The summed E-state index contributed by atoms with van der Waals surface area (Å²) in [6.07, 6.45) is -5.19. The molecule has 0 aliphatic rings. The number of hydrogen-bond acceptors (Lipinski definition) is 2. The van der Waals surface area contributed by atoms with Crippen LogP contribution in [0, 0.1) is 11.6 Å². The van der Waals surface area contributed by atoms with E-state index in [4.69, 9.17) is 4.74 Å². The first kappa shape index (κ1) is 15.4. The molecular weight excluding hydrogens is 271 g/mol. The molecule has 1 rings (SSSR count). The Morgan fingerprint density at radius 2 is 1.79 bits per heavy atom.